The number of aliphatic carboxylic acids is 1. The van der Waals surface area contributed by atoms with Crippen molar-refractivity contribution in [1.82, 2.24) is 20.1 Å². The standard InChI is InChI=1S/C11H15N5O3/c1-11(8(17)18)4-2-3-7-16(11)10(19)14-9-12-5-6-13-15-9/h5-6H,2-4,7H2,1H3,(H,17,18)(H,12,14,15,19). The van der Waals surface area contributed by atoms with Crippen molar-refractivity contribution in [3.05, 3.63) is 12.4 Å². The molecule has 0 aromatic carbocycles. The maximum Gasteiger partial charge on any atom is 0.329 e. The SMILES string of the molecule is CC1(C(=O)O)CCCCN1C(=O)Nc1nccnn1. The van der Waals surface area contributed by atoms with Crippen molar-refractivity contribution >= 4 is 17.9 Å². The predicted octanol–water partition coefficient (Wildman–Crippen LogP) is 0.733. The Bertz CT molecular complexity index is 480. The van der Waals surface area contributed by atoms with E-state index in [0.717, 1.165) is 12.8 Å². The maximum absolute atomic E-state index is 12.1. The zero-order valence-electron chi connectivity index (χ0n) is 10.5. The summed E-state index contributed by atoms with van der Waals surface area (Å²) >= 11 is 0. The molecule has 19 heavy (non-hydrogen) atoms. The fourth-order valence-corrected chi connectivity index (χ4v) is 2.14. The van der Waals surface area contributed by atoms with E-state index in [1.54, 1.807) is 6.92 Å². The first kappa shape index (κ1) is 13.2. The first-order valence-electron chi connectivity index (χ1n) is 6.00. The smallest absolute Gasteiger partial charge is 0.329 e. The highest BCUT2D eigenvalue weighted by molar-refractivity contribution is 5.92. The van der Waals surface area contributed by atoms with E-state index in [2.05, 4.69) is 20.5 Å². The Kier molecular flexibility index (Phi) is 3.59. The van der Waals surface area contributed by atoms with E-state index in [1.165, 1.54) is 17.3 Å². The second-order valence-corrected chi connectivity index (χ2v) is 4.58. The van der Waals surface area contributed by atoms with Gasteiger partial charge in [0.1, 0.15) is 5.54 Å². The molecule has 2 rings (SSSR count). The first-order chi connectivity index (χ1) is 9.04. The van der Waals surface area contributed by atoms with Crippen LogP contribution in [-0.4, -0.2) is 49.3 Å². The first-order valence-corrected chi connectivity index (χ1v) is 6.00. The molecular formula is C11H15N5O3. The Morgan fingerprint density at radius 2 is 2.21 bits per heavy atom. The normalized spacial score (nSPS) is 22.9. The largest absolute Gasteiger partial charge is 0.480 e. The number of piperidine rings is 1. The quantitative estimate of drug-likeness (QED) is 0.816. The molecule has 2 amide bonds. The van der Waals surface area contributed by atoms with Gasteiger partial charge in [-0.1, -0.05) is 0 Å². The molecule has 0 bridgehead atoms. The molecule has 0 saturated carbocycles. The lowest BCUT2D eigenvalue weighted by atomic mass is 9.89. The number of amides is 2. The van der Waals surface area contributed by atoms with Crippen LogP contribution in [0.15, 0.2) is 12.4 Å². The van der Waals surface area contributed by atoms with Crippen LogP contribution >= 0.6 is 0 Å². The Balaban J connectivity index is 2.14. The van der Waals surface area contributed by atoms with Crippen molar-refractivity contribution in [3.63, 3.8) is 0 Å². The molecule has 1 aromatic rings. The summed E-state index contributed by atoms with van der Waals surface area (Å²) in [7, 11) is 0. The summed E-state index contributed by atoms with van der Waals surface area (Å²) in [6, 6.07) is -0.516. The molecule has 0 radical (unpaired) electrons. The average molecular weight is 265 g/mol. The van der Waals surface area contributed by atoms with E-state index < -0.39 is 17.5 Å². The number of likely N-dealkylation sites (tertiary alicyclic amines) is 1. The monoisotopic (exact) mass is 265 g/mol. The number of rotatable bonds is 2. The minimum absolute atomic E-state index is 0.0609. The molecule has 1 aliphatic heterocycles. The lowest BCUT2D eigenvalue weighted by Crippen LogP contribution is -2.58. The number of urea groups is 1. The number of hydrogen-bond acceptors (Lipinski definition) is 5. The van der Waals surface area contributed by atoms with Gasteiger partial charge in [-0.15, -0.1) is 5.10 Å². The molecule has 1 fully saturated rings. The van der Waals surface area contributed by atoms with Crippen molar-refractivity contribution in [2.24, 2.45) is 0 Å². The second kappa shape index (κ2) is 5.17. The van der Waals surface area contributed by atoms with Crippen molar-refractivity contribution in [1.29, 1.82) is 0 Å². The molecule has 1 saturated heterocycles. The summed E-state index contributed by atoms with van der Waals surface area (Å²) in [6.45, 7) is 1.95. The maximum atomic E-state index is 12.1. The van der Waals surface area contributed by atoms with Gasteiger partial charge in [0, 0.05) is 6.54 Å². The molecule has 2 N–H and O–H groups in total. The number of hydrogen-bond donors (Lipinski definition) is 2. The molecule has 0 aliphatic carbocycles. The zero-order valence-corrected chi connectivity index (χ0v) is 10.5. The summed E-state index contributed by atoms with van der Waals surface area (Å²) in [5, 5.41) is 19.0. The topological polar surface area (TPSA) is 108 Å². The van der Waals surface area contributed by atoms with E-state index >= 15 is 0 Å². The highest BCUT2D eigenvalue weighted by Crippen LogP contribution is 2.28. The Morgan fingerprint density at radius 3 is 2.84 bits per heavy atom. The molecule has 102 valence electrons. The minimum atomic E-state index is -1.19. The van der Waals surface area contributed by atoms with Crippen LogP contribution in [0.3, 0.4) is 0 Å². The van der Waals surface area contributed by atoms with Crippen molar-refractivity contribution in [2.45, 2.75) is 31.7 Å². The van der Waals surface area contributed by atoms with Gasteiger partial charge in [-0.25, -0.2) is 14.6 Å². The number of carbonyl (C=O) groups excluding carboxylic acids is 1. The average Bonchev–Trinajstić information content (AvgIpc) is 2.40. The molecule has 1 aliphatic rings. The van der Waals surface area contributed by atoms with Gasteiger partial charge in [0.2, 0.25) is 0 Å². The second-order valence-electron chi connectivity index (χ2n) is 4.58. The van der Waals surface area contributed by atoms with Gasteiger partial charge in [0.15, 0.2) is 0 Å². The van der Waals surface area contributed by atoms with Gasteiger partial charge in [-0.3, -0.25) is 5.32 Å². The van der Waals surface area contributed by atoms with Gasteiger partial charge in [0.25, 0.3) is 5.95 Å². The molecule has 8 nitrogen and oxygen atoms in total. The van der Waals surface area contributed by atoms with Crippen molar-refractivity contribution in [3.8, 4) is 0 Å². The number of nitrogens with zero attached hydrogens (tertiary/aromatic N) is 4. The number of carboxylic acids is 1. The lowest BCUT2D eigenvalue weighted by molar-refractivity contribution is -0.150. The molecule has 1 unspecified atom stereocenters. The fourth-order valence-electron chi connectivity index (χ4n) is 2.14. The van der Waals surface area contributed by atoms with Crippen LogP contribution < -0.4 is 5.32 Å². The minimum Gasteiger partial charge on any atom is -0.480 e. The Morgan fingerprint density at radius 1 is 1.42 bits per heavy atom. The van der Waals surface area contributed by atoms with Gasteiger partial charge in [-0.2, -0.15) is 5.10 Å². The van der Waals surface area contributed by atoms with Gasteiger partial charge >= 0.3 is 12.0 Å². The molecule has 1 aromatic heterocycles. The fraction of sp³-hybridized carbons (Fsp3) is 0.545. The highest BCUT2D eigenvalue weighted by atomic mass is 16.4. The van der Waals surface area contributed by atoms with Crippen molar-refractivity contribution in [2.75, 3.05) is 11.9 Å². The van der Waals surface area contributed by atoms with Crippen LogP contribution in [0.4, 0.5) is 10.7 Å². The molecule has 8 heteroatoms. The predicted molar refractivity (Wildman–Crippen MR) is 65.4 cm³/mol. The number of nitrogens with one attached hydrogen (secondary N) is 1. The summed E-state index contributed by atoms with van der Waals surface area (Å²) in [6.07, 6.45) is 4.79. The van der Waals surface area contributed by atoms with Crippen LogP contribution in [-0.2, 0) is 4.79 Å². The number of anilines is 1. The molecular weight excluding hydrogens is 250 g/mol. The van der Waals surface area contributed by atoms with Gasteiger partial charge < -0.3 is 10.0 Å². The molecule has 1 atom stereocenters. The van der Waals surface area contributed by atoms with Gasteiger partial charge in [0.05, 0.1) is 12.4 Å². The van der Waals surface area contributed by atoms with E-state index in [9.17, 15) is 14.7 Å². The third-order valence-corrected chi connectivity index (χ3v) is 3.30. The van der Waals surface area contributed by atoms with E-state index in [0.29, 0.717) is 13.0 Å². The van der Waals surface area contributed by atoms with Gasteiger partial charge in [-0.05, 0) is 26.2 Å². The summed E-state index contributed by atoms with van der Waals surface area (Å²) in [4.78, 5) is 28.7. The zero-order chi connectivity index (χ0) is 13.9. The summed E-state index contributed by atoms with van der Waals surface area (Å²) in [5.41, 5.74) is -1.19. The van der Waals surface area contributed by atoms with Crippen LogP contribution in [0.5, 0.6) is 0 Å². The third-order valence-electron chi connectivity index (χ3n) is 3.30. The Hall–Kier alpha value is -2.25. The van der Waals surface area contributed by atoms with Crippen LogP contribution in [0.2, 0.25) is 0 Å². The Labute approximate surface area is 109 Å². The van der Waals surface area contributed by atoms with Crippen LogP contribution in [0.1, 0.15) is 26.2 Å². The van der Waals surface area contributed by atoms with E-state index in [4.69, 9.17) is 0 Å². The van der Waals surface area contributed by atoms with E-state index in [-0.39, 0.29) is 5.95 Å². The lowest BCUT2D eigenvalue weighted by Gasteiger charge is -2.41. The summed E-state index contributed by atoms with van der Waals surface area (Å²) < 4.78 is 0. The molecule has 0 spiro atoms. The molecule has 2 heterocycles. The van der Waals surface area contributed by atoms with Crippen LogP contribution in [0.25, 0.3) is 0 Å². The van der Waals surface area contributed by atoms with E-state index in [1.807, 2.05) is 0 Å². The number of aromatic nitrogens is 3. The third kappa shape index (κ3) is 2.61. The number of carboxylic acid groups (broad SMARTS) is 1. The summed E-state index contributed by atoms with van der Waals surface area (Å²) in [5.74, 6) is -0.944. The number of carbonyl (C=O) groups is 2. The van der Waals surface area contributed by atoms with Crippen molar-refractivity contribution < 1.29 is 14.7 Å². The highest BCUT2D eigenvalue weighted by Gasteiger charge is 2.44. The van der Waals surface area contributed by atoms with Crippen LogP contribution in [0, 0.1) is 0 Å².